The van der Waals surface area contributed by atoms with Gasteiger partial charge in [0.2, 0.25) is 11.9 Å². The molecule has 0 radical (unpaired) electrons. The Bertz CT molecular complexity index is 869. The van der Waals surface area contributed by atoms with Gasteiger partial charge in [0.05, 0.1) is 5.50 Å². The Hall–Kier alpha value is -1.85. The maximum Gasteiger partial charge on any atom is 0.252 e. The van der Waals surface area contributed by atoms with Crippen LogP contribution in [0.3, 0.4) is 0 Å². The van der Waals surface area contributed by atoms with E-state index in [1.807, 2.05) is 0 Å². The Morgan fingerprint density at radius 3 is 1.71 bits per heavy atom. The fraction of sp³-hybridized carbons (Fsp3) is 0.706. The van der Waals surface area contributed by atoms with Crippen LogP contribution in [0.2, 0.25) is 5.21 Å². The van der Waals surface area contributed by atoms with E-state index >= 15 is 4.39 Å². The van der Waals surface area contributed by atoms with E-state index in [0.29, 0.717) is 6.42 Å². The van der Waals surface area contributed by atoms with Crippen LogP contribution in [0.4, 0.5) is 33.8 Å². The van der Waals surface area contributed by atoms with Crippen molar-refractivity contribution in [2.45, 2.75) is 73.2 Å². The van der Waals surface area contributed by atoms with Gasteiger partial charge in [0.15, 0.2) is 13.7 Å². The van der Waals surface area contributed by atoms with E-state index in [0.717, 1.165) is 0 Å². The average Bonchev–Trinajstić information content (AvgIpc) is 2.57. The molecule has 0 aromatic carbocycles. The zero-order chi connectivity index (χ0) is 22.8. The zero-order valence-electron chi connectivity index (χ0n) is 17.6. The van der Waals surface area contributed by atoms with E-state index in [4.69, 9.17) is 0 Å². The van der Waals surface area contributed by atoms with Crippen molar-refractivity contribution in [2.24, 2.45) is 0 Å². The number of alkyl halides is 4. The second-order valence-corrected chi connectivity index (χ2v) is 9.77. The van der Waals surface area contributed by atoms with Gasteiger partial charge in [-0.1, -0.05) is 11.6 Å². The average molecular weight is 441 g/mol. The van der Waals surface area contributed by atoms with Crippen LogP contribution < -0.4 is 10.6 Å². The van der Waals surface area contributed by atoms with Crippen molar-refractivity contribution in [1.82, 2.24) is 15.0 Å². The Labute approximate surface area is 179 Å². The minimum absolute atomic E-state index is 0.0381. The van der Waals surface area contributed by atoms with Crippen LogP contribution in [0.25, 0.3) is 5.57 Å². The topological polar surface area (TPSA) is 83.0 Å². The Balaban J connectivity index is 1.64. The summed E-state index contributed by atoms with van der Waals surface area (Å²) in [6, 6.07) is -1.11. The Kier molecular flexibility index (Phi) is 5.10. The normalized spacial score (nSPS) is 29.7. The second kappa shape index (κ2) is 7.08. The molecule has 2 saturated carbocycles. The molecule has 3 aliphatic carbocycles. The summed E-state index contributed by atoms with van der Waals surface area (Å²) in [4.78, 5) is 12.5. The van der Waals surface area contributed by atoms with Crippen LogP contribution in [-0.4, -0.2) is 73.0 Å². The summed E-state index contributed by atoms with van der Waals surface area (Å²) in [5.74, 6) is -6.40. The van der Waals surface area contributed by atoms with Gasteiger partial charge in [0.25, 0.3) is 11.8 Å². The first-order valence-corrected chi connectivity index (χ1v) is 10.3. The zero-order valence-corrected chi connectivity index (χ0v) is 17.6. The van der Waals surface area contributed by atoms with Crippen LogP contribution in [0, 0.1) is 0 Å². The molecule has 0 bridgehead atoms. The molecule has 1 aromatic rings. The number of halogens is 5. The van der Waals surface area contributed by atoms with Crippen molar-refractivity contribution < 1.29 is 27.1 Å². The number of nitrogens with one attached hydrogen (secondary N) is 2. The molecular weight excluding hydrogens is 418 g/mol. The van der Waals surface area contributed by atoms with E-state index in [1.165, 1.54) is 7.85 Å². The predicted molar refractivity (Wildman–Crippen MR) is 114 cm³/mol. The lowest BCUT2D eigenvalue weighted by molar-refractivity contribution is -0.0799. The molecule has 1 atom stereocenters. The van der Waals surface area contributed by atoms with Crippen LogP contribution in [-0.2, 0) is 0 Å². The SMILES string of the molecule is BC1(B)CCC(c2nc(NC3CC(F)(F)C3)nc(NC3CC(F)(F)C3)n2)=C(F)C1(B)O. The second-order valence-electron chi connectivity index (χ2n) is 9.77. The highest BCUT2D eigenvalue weighted by molar-refractivity contribution is 6.45. The highest BCUT2D eigenvalue weighted by atomic mass is 19.3. The minimum Gasteiger partial charge on any atom is -0.393 e. The van der Waals surface area contributed by atoms with Gasteiger partial charge in [-0.3, -0.25) is 0 Å². The minimum atomic E-state index is -2.76. The number of aromatic nitrogens is 3. The van der Waals surface area contributed by atoms with Crippen molar-refractivity contribution in [3.05, 3.63) is 11.7 Å². The molecule has 1 heterocycles. The molecule has 0 aliphatic heterocycles. The fourth-order valence-corrected chi connectivity index (χ4v) is 4.12. The van der Waals surface area contributed by atoms with Crippen molar-refractivity contribution >= 4 is 41.0 Å². The number of rotatable bonds is 5. The molecule has 6 nitrogen and oxygen atoms in total. The van der Waals surface area contributed by atoms with Gasteiger partial charge in [-0.2, -0.15) is 15.0 Å². The van der Waals surface area contributed by atoms with Crippen molar-refractivity contribution in [3.63, 3.8) is 0 Å². The lowest BCUT2D eigenvalue weighted by Crippen LogP contribution is -2.48. The molecule has 1 unspecified atom stereocenters. The Morgan fingerprint density at radius 1 is 0.839 bits per heavy atom. The first-order chi connectivity index (χ1) is 14.2. The Morgan fingerprint density at radius 2 is 1.29 bits per heavy atom. The third-order valence-corrected chi connectivity index (χ3v) is 6.76. The first kappa shape index (κ1) is 22.4. The van der Waals surface area contributed by atoms with Crippen LogP contribution in [0.1, 0.15) is 44.3 Å². The number of hydrogen-bond donors (Lipinski definition) is 3. The lowest BCUT2D eigenvalue weighted by Gasteiger charge is -2.44. The summed E-state index contributed by atoms with van der Waals surface area (Å²) >= 11 is 0. The molecule has 166 valence electrons. The summed E-state index contributed by atoms with van der Waals surface area (Å²) < 4.78 is 68.0. The molecule has 31 heavy (non-hydrogen) atoms. The molecular formula is C17H23B3F5N5O. The van der Waals surface area contributed by atoms with E-state index in [1.54, 1.807) is 15.7 Å². The molecule has 4 rings (SSSR count). The summed E-state index contributed by atoms with van der Waals surface area (Å²) in [6.07, 6.45) is -0.821. The maximum atomic E-state index is 15.2. The van der Waals surface area contributed by atoms with Crippen LogP contribution >= 0.6 is 0 Å². The molecule has 2 fully saturated rings. The number of allylic oxidation sites excluding steroid dienone is 1. The summed E-state index contributed by atoms with van der Waals surface area (Å²) in [5, 5.41) is 15.6. The standard InChI is InChI=1S/C17H23B3F5N5O/c18-16(19)2-1-9(10(21)17(16,20)31)11-28-12(26-7-3-14(22,23)4-7)30-13(29-11)27-8-5-15(24,25)6-8/h7-8,31H,1-6,18-20H2,(H2,26,27,28,29,30). The largest absolute Gasteiger partial charge is 0.393 e. The van der Waals surface area contributed by atoms with Gasteiger partial charge in [-0.15, -0.1) is 0 Å². The highest BCUT2D eigenvalue weighted by Crippen LogP contribution is 2.49. The molecule has 14 heteroatoms. The number of hydrogen-bond acceptors (Lipinski definition) is 6. The highest BCUT2D eigenvalue weighted by Gasteiger charge is 2.48. The summed E-state index contributed by atoms with van der Waals surface area (Å²) in [6.45, 7) is 0. The van der Waals surface area contributed by atoms with Crippen LogP contribution in [0.15, 0.2) is 5.83 Å². The van der Waals surface area contributed by atoms with E-state index in [9.17, 15) is 22.7 Å². The van der Waals surface area contributed by atoms with E-state index in [-0.39, 0.29) is 55.4 Å². The molecule has 3 aliphatic rings. The quantitative estimate of drug-likeness (QED) is 0.456. The predicted octanol–water partition coefficient (Wildman–Crippen LogP) is 0.469. The third kappa shape index (κ3) is 4.27. The smallest absolute Gasteiger partial charge is 0.252 e. The molecule has 3 N–H and O–H groups in total. The van der Waals surface area contributed by atoms with Crippen molar-refractivity contribution in [3.8, 4) is 0 Å². The monoisotopic (exact) mass is 441 g/mol. The van der Waals surface area contributed by atoms with Gasteiger partial charge in [-0.25, -0.2) is 22.0 Å². The molecule has 0 amide bonds. The number of nitrogens with zero attached hydrogens (tertiary/aromatic N) is 3. The maximum absolute atomic E-state index is 15.2. The van der Waals surface area contributed by atoms with Crippen LogP contribution in [0.5, 0.6) is 0 Å². The van der Waals surface area contributed by atoms with Crippen molar-refractivity contribution in [2.75, 3.05) is 10.6 Å². The van der Waals surface area contributed by atoms with Gasteiger partial charge in [0.1, 0.15) is 21.5 Å². The molecule has 1 aromatic heterocycles. The van der Waals surface area contributed by atoms with Crippen molar-refractivity contribution in [1.29, 1.82) is 0 Å². The number of anilines is 2. The first-order valence-electron chi connectivity index (χ1n) is 10.3. The van der Waals surface area contributed by atoms with Gasteiger partial charge in [-0.05, 0) is 6.42 Å². The molecule has 0 spiro atoms. The van der Waals surface area contributed by atoms with Gasteiger partial charge >= 0.3 is 0 Å². The lowest BCUT2D eigenvalue weighted by atomic mass is 9.37. The van der Waals surface area contributed by atoms with Gasteiger partial charge < -0.3 is 15.7 Å². The summed E-state index contributed by atoms with van der Waals surface area (Å²) in [7, 11) is 4.89. The third-order valence-electron chi connectivity index (χ3n) is 6.76. The number of aliphatic hydroxyl groups is 1. The van der Waals surface area contributed by atoms with E-state index in [2.05, 4.69) is 25.6 Å². The van der Waals surface area contributed by atoms with E-state index < -0.39 is 40.5 Å². The van der Waals surface area contributed by atoms with Gasteiger partial charge in [0, 0.05) is 43.3 Å². The summed E-state index contributed by atoms with van der Waals surface area (Å²) in [5.41, 5.74) is -1.66. The molecule has 0 saturated heterocycles. The fourth-order valence-electron chi connectivity index (χ4n) is 4.12.